The van der Waals surface area contributed by atoms with Gasteiger partial charge in [0.25, 0.3) is 0 Å². The molecular formula is C23H32N4O2. The highest BCUT2D eigenvalue weighted by Gasteiger charge is 2.34. The first-order valence-electron chi connectivity index (χ1n) is 11.1. The quantitative estimate of drug-likeness (QED) is 0.760. The van der Waals surface area contributed by atoms with Crippen LogP contribution in [-0.4, -0.2) is 45.8 Å². The first-order chi connectivity index (χ1) is 14.1. The Kier molecular flexibility index (Phi) is 6.16. The Morgan fingerprint density at radius 2 is 2.00 bits per heavy atom. The van der Waals surface area contributed by atoms with Crippen LogP contribution in [0.25, 0.3) is 11.0 Å². The number of aromatic nitrogens is 2. The molecule has 2 heterocycles. The Bertz CT molecular complexity index is 867. The summed E-state index contributed by atoms with van der Waals surface area (Å²) in [5.74, 6) is 1.12. The first-order valence-corrected chi connectivity index (χ1v) is 11.1. The molecule has 2 aromatic rings. The number of nitrogens with zero attached hydrogens (tertiary/aromatic N) is 2. The molecule has 0 spiro atoms. The lowest BCUT2D eigenvalue weighted by Crippen LogP contribution is -2.50. The van der Waals surface area contributed by atoms with Crippen molar-refractivity contribution in [2.24, 2.45) is 5.92 Å². The van der Waals surface area contributed by atoms with E-state index in [1.165, 1.54) is 25.7 Å². The zero-order valence-electron chi connectivity index (χ0n) is 17.4. The van der Waals surface area contributed by atoms with Crippen LogP contribution in [-0.2, 0) is 16.0 Å². The minimum Gasteiger partial charge on any atom is -0.355 e. The molecule has 1 aliphatic carbocycles. The lowest BCUT2D eigenvalue weighted by atomic mass is 9.93. The van der Waals surface area contributed by atoms with Crippen molar-refractivity contribution < 1.29 is 9.59 Å². The van der Waals surface area contributed by atoms with Gasteiger partial charge in [0.1, 0.15) is 5.82 Å². The second-order valence-corrected chi connectivity index (χ2v) is 8.62. The number of imidazole rings is 1. The lowest BCUT2D eigenvalue weighted by molar-refractivity contribution is -0.141. The summed E-state index contributed by atoms with van der Waals surface area (Å²) in [7, 11) is 0. The summed E-state index contributed by atoms with van der Waals surface area (Å²) < 4.78 is 0. The van der Waals surface area contributed by atoms with E-state index in [-0.39, 0.29) is 17.7 Å². The zero-order valence-corrected chi connectivity index (χ0v) is 17.4. The molecule has 2 amide bonds. The van der Waals surface area contributed by atoms with Crippen molar-refractivity contribution in [2.45, 2.75) is 70.8 Å². The van der Waals surface area contributed by atoms with Gasteiger partial charge in [-0.15, -0.1) is 0 Å². The van der Waals surface area contributed by atoms with E-state index in [2.05, 4.69) is 28.3 Å². The predicted molar refractivity (Wildman–Crippen MR) is 113 cm³/mol. The van der Waals surface area contributed by atoms with E-state index < -0.39 is 0 Å². The molecule has 0 radical (unpaired) electrons. The number of amides is 2. The maximum absolute atomic E-state index is 12.7. The van der Waals surface area contributed by atoms with Crippen molar-refractivity contribution in [3.63, 3.8) is 0 Å². The first kappa shape index (κ1) is 19.9. The fraction of sp³-hybridized carbons (Fsp3) is 0.609. The van der Waals surface area contributed by atoms with Gasteiger partial charge in [-0.1, -0.05) is 37.8 Å². The van der Waals surface area contributed by atoms with Crippen molar-refractivity contribution in [3.05, 3.63) is 29.6 Å². The molecule has 1 saturated heterocycles. The number of carbonyl (C=O) groups is 2. The van der Waals surface area contributed by atoms with Crippen molar-refractivity contribution in [2.75, 3.05) is 13.1 Å². The Morgan fingerprint density at radius 3 is 2.76 bits per heavy atom. The van der Waals surface area contributed by atoms with E-state index in [0.717, 1.165) is 35.3 Å². The SMILES string of the molecule is Cc1cccc2[nH]c(CCNC(=O)C3CCC(=O)N(C4CCCCCC4)C3)nc12. The molecule has 156 valence electrons. The Labute approximate surface area is 172 Å². The molecule has 2 aliphatic rings. The van der Waals surface area contributed by atoms with Gasteiger partial charge >= 0.3 is 0 Å². The van der Waals surface area contributed by atoms with E-state index in [1.807, 2.05) is 17.0 Å². The van der Waals surface area contributed by atoms with E-state index >= 15 is 0 Å². The summed E-state index contributed by atoms with van der Waals surface area (Å²) in [5.41, 5.74) is 3.19. The van der Waals surface area contributed by atoms with Gasteiger partial charge in [0.15, 0.2) is 0 Å². The lowest BCUT2D eigenvalue weighted by Gasteiger charge is -2.37. The van der Waals surface area contributed by atoms with Gasteiger partial charge < -0.3 is 15.2 Å². The fourth-order valence-electron chi connectivity index (χ4n) is 4.80. The molecule has 4 rings (SSSR count). The van der Waals surface area contributed by atoms with Crippen LogP contribution in [0, 0.1) is 12.8 Å². The third kappa shape index (κ3) is 4.62. The van der Waals surface area contributed by atoms with Crippen LogP contribution in [0.5, 0.6) is 0 Å². The standard InChI is InChI=1S/C23H32N4O2/c1-16-7-6-10-19-22(16)26-20(25-19)13-14-24-23(29)17-11-12-21(28)27(15-17)18-8-4-2-3-5-9-18/h6-7,10,17-18H,2-5,8-9,11-15H2,1H3,(H,24,29)(H,25,26). The Morgan fingerprint density at radius 1 is 1.21 bits per heavy atom. The summed E-state index contributed by atoms with van der Waals surface area (Å²) in [4.78, 5) is 35.2. The molecule has 29 heavy (non-hydrogen) atoms. The number of benzene rings is 1. The summed E-state index contributed by atoms with van der Waals surface area (Å²) in [6.45, 7) is 3.20. The minimum absolute atomic E-state index is 0.0726. The van der Waals surface area contributed by atoms with Crippen LogP contribution >= 0.6 is 0 Å². The molecule has 1 aromatic heterocycles. The number of rotatable bonds is 5. The molecule has 0 bridgehead atoms. The van der Waals surface area contributed by atoms with E-state index in [0.29, 0.717) is 38.4 Å². The summed E-state index contributed by atoms with van der Waals surface area (Å²) >= 11 is 0. The number of hydrogen-bond acceptors (Lipinski definition) is 3. The highest BCUT2D eigenvalue weighted by Crippen LogP contribution is 2.27. The maximum atomic E-state index is 12.7. The van der Waals surface area contributed by atoms with E-state index in [9.17, 15) is 9.59 Å². The van der Waals surface area contributed by atoms with E-state index in [4.69, 9.17) is 0 Å². The predicted octanol–water partition coefficient (Wildman–Crippen LogP) is 3.49. The third-order valence-corrected chi connectivity index (χ3v) is 6.50. The summed E-state index contributed by atoms with van der Waals surface area (Å²) in [6.07, 6.45) is 8.95. The number of para-hydroxylation sites is 1. The van der Waals surface area contributed by atoms with Crippen molar-refractivity contribution in [1.29, 1.82) is 0 Å². The molecule has 1 saturated carbocycles. The van der Waals surface area contributed by atoms with Crippen LogP contribution in [0.4, 0.5) is 0 Å². The van der Waals surface area contributed by atoms with Gasteiger partial charge in [0, 0.05) is 32.0 Å². The second-order valence-electron chi connectivity index (χ2n) is 8.62. The number of carbonyl (C=O) groups excluding carboxylic acids is 2. The molecule has 2 N–H and O–H groups in total. The van der Waals surface area contributed by atoms with Crippen LogP contribution in [0.15, 0.2) is 18.2 Å². The molecule has 2 fully saturated rings. The number of H-pyrrole nitrogens is 1. The van der Waals surface area contributed by atoms with Crippen molar-refractivity contribution in [3.8, 4) is 0 Å². The zero-order chi connectivity index (χ0) is 20.2. The number of aryl methyl sites for hydroxylation is 1. The third-order valence-electron chi connectivity index (χ3n) is 6.50. The van der Waals surface area contributed by atoms with Gasteiger partial charge in [0.2, 0.25) is 11.8 Å². The number of aromatic amines is 1. The van der Waals surface area contributed by atoms with Gasteiger partial charge in [-0.2, -0.15) is 0 Å². The molecule has 6 nitrogen and oxygen atoms in total. The monoisotopic (exact) mass is 396 g/mol. The highest BCUT2D eigenvalue weighted by molar-refractivity contribution is 5.84. The number of fused-ring (bicyclic) bond motifs is 1. The average molecular weight is 397 g/mol. The summed E-state index contributed by atoms with van der Waals surface area (Å²) in [6, 6.07) is 6.43. The number of piperidine rings is 1. The second kappa shape index (κ2) is 8.97. The number of hydrogen-bond donors (Lipinski definition) is 2. The molecule has 6 heteroatoms. The van der Waals surface area contributed by atoms with Gasteiger partial charge in [-0.3, -0.25) is 9.59 Å². The van der Waals surface area contributed by atoms with E-state index in [1.54, 1.807) is 0 Å². The number of likely N-dealkylation sites (tertiary alicyclic amines) is 1. The Balaban J connectivity index is 1.30. The molecule has 1 unspecified atom stereocenters. The molecule has 1 aliphatic heterocycles. The maximum Gasteiger partial charge on any atom is 0.224 e. The molecule has 1 atom stereocenters. The van der Waals surface area contributed by atoms with Gasteiger partial charge in [0.05, 0.1) is 17.0 Å². The smallest absolute Gasteiger partial charge is 0.224 e. The van der Waals surface area contributed by atoms with Crippen LogP contribution in [0.1, 0.15) is 62.8 Å². The van der Waals surface area contributed by atoms with Gasteiger partial charge in [-0.05, 0) is 37.8 Å². The van der Waals surface area contributed by atoms with Crippen molar-refractivity contribution >= 4 is 22.8 Å². The largest absolute Gasteiger partial charge is 0.355 e. The van der Waals surface area contributed by atoms with Gasteiger partial charge in [-0.25, -0.2) is 4.98 Å². The average Bonchev–Trinajstić information content (AvgIpc) is 2.95. The van der Waals surface area contributed by atoms with Crippen LogP contribution < -0.4 is 5.32 Å². The van der Waals surface area contributed by atoms with Crippen molar-refractivity contribution in [1.82, 2.24) is 20.2 Å². The molecule has 1 aromatic carbocycles. The highest BCUT2D eigenvalue weighted by atomic mass is 16.2. The Hall–Kier alpha value is -2.37. The topological polar surface area (TPSA) is 78.1 Å². The normalized spacial score (nSPS) is 21.3. The molecular weight excluding hydrogens is 364 g/mol. The number of nitrogens with one attached hydrogen (secondary N) is 2. The summed E-state index contributed by atoms with van der Waals surface area (Å²) in [5, 5.41) is 3.07. The van der Waals surface area contributed by atoms with Crippen LogP contribution in [0.2, 0.25) is 0 Å². The minimum atomic E-state index is -0.0890. The fourth-order valence-corrected chi connectivity index (χ4v) is 4.80. The van der Waals surface area contributed by atoms with Crippen LogP contribution in [0.3, 0.4) is 0 Å².